The molecule has 0 aliphatic carbocycles. The molecule has 0 aromatic heterocycles. The molecule has 0 unspecified atom stereocenters. The molecule has 0 fully saturated rings. The van der Waals surface area contributed by atoms with Crippen LogP contribution in [-0.2, 0) is 6.42 Å². The highest BCUT2D eigenvalue weighted by atomic mass is 79.9. The molecule has 2 rings (SSSR count). The van der Waals surface area contributed by atoms with E-state index in [2.05, 4.69) is 47.1 Å². The first-order valence-corrected chi connectivity index (χ1v) is 7.07. The van der Waals surface area contributed by atoms with Crippen molar-refractivity contribution in [3.05, 3.63) is 70.2 Å². The van der Waals surface area contributed by atoms with E-state index in [1.165, 1.54) is 5.56 Å². The van der Waals surface area contributed by atoms with Crippen LogP contribution in [0.5, 0.6) is 0 Å². The Bertz CT molecular complexity index is 486. The molecule has 0 aliphatic heterocycles. The quantitative estimate of drug-likeness (QED) is 0.573. The molecule has 4 nitrogen and oxygen atoms in total. The Morgan fingerprint density at radius 3 is 1.81 bits per heavy atom. The third-order valence-electron chi connectivity index (χ3n) is 2.26. The van der Waals surface area contributed by atoms with Gasteiger partial charge in [-0.2, -0.15) is 0 Å². The molecule has 0 spiro atoms. The molecule has 6 heteroatoms. The number of carbonyl (C=O) groups excluding carboxylic acids is 1. The molecular weight excluding hydrogens is 335 g/mol. The summed E-state index contributed by atoms with van der Waals surface area (Å²) in [6.07, 6.45) is 1.97. The number of hydrogen-bond acceptors (Lipinski definition) is 4. The van der Waals surface area contributed by atoms with Crippen molar-refractivity contribution in [2.75, 3.05) is 0 Å². The fourth-order valence-electron chi connectivity index (χ4n) is 1.26. The highest BCUT2D eigenvalue weighted by Gasteiger charge is 1.92. The molecule has 0 atom stereocenters. The normalized spacial score (nSPS) is 8.62. The number of halogens is 1. The zero-order valence-corrected chi connectivity index (χ0v) is 13.3. The van der Waals surface area contributed by atoms with Gasteiger partial charge in [-0.05, 0) is 24.1 Å². The molecule has 0 heterocycles. The van der Waals surface area contributed by atoms with Crippen LogP contribution in [0, 0.1) is 0 Å². The van der Waals surface area contributed by atoms with Crippen molar-refractivity contribution in [1.82, 2.24) is 0 Å². The molecule has 0 radical (unpaired) electrons. The standard InChI is InChI=1S/C8H10.C7H5BrO.BH3O3/c1-2-8-6-4-3-5-7-8;8-7-3-1-6(5-9)2-4-7;2-1(3)4/h3-7H,2H2,1H3;1-5H;2-4H. The summed E-state index contributed by atoms with van der Waals surface area (Å²) in [5.74, 6) is 0. The zero-order valence-electron chi connectivity index (χ0n) is 11.7. The number of rotatable bonds is 2. The second kappa shape index (κ2) is 12.3. The summed E-state index contributed by atoms with van der Waals surface area (Å²) in [6.45, 7) is 2.16. The van der Waals surface area contributed by atoms with E-state index in [-0.39, 0.29) is 0 Å². The lowest BCUT2D eigenvalue weighted by atomic mass is 10.2. The fourth-order valence-corrected chi connectivity index (χ4v) is 1.52. The smallest absolute Gasteiger partial charge is 0.402 e. The number of carbonyl (C=O) groups is 1. The number of aryl methyl sites for hydroxylation is 1. The molecule has 0 saturated carbocycles. The Labute approximate surface area is 133 Å². The maximum Gasteiger partial charge on any atom is 0.631 e. The van der Waals surface area contributed by atoms with Crippen LogP contribution in [0.15, 0.2) is 59.1 Å². The Morgan fingerprint density at radius 1 is 1.00 bits per heavy atom. The van der Waals surface area contributed by atoms with Crippen LogP contribution in [0.4, 0.5) is 0 Å². The Hall–Kier alpha value is -1.47. The van der Waals surface area contributed by atoms with Crippen LogP contribution in [-0.4, -0.2) is 28.7 Å². The molecule has 0 amide bonds. The Balaban J connectivity index is 0.000000308. The van der Waals surface area contributed by atoms with Gasteiger partial charge in [0.25, 0.3) is 0 Å². The van der Waals surface area contributed by atoms with E-state index in [4.69, 9.17) is 15.1 Å². The average molecular weight is 353 g/mol. The SMILES string of the molecule is CCc1ccccc1.O=Cc1ccc(Br)cc1.OB(O)O. The zero-order chi connectivity index (χ0) is 16.1. The maximum atomic E-state index is 10.1. The van der Waals surface area contributed by atoms with Crippen molar-refractivity contribution in [3.63, 3.8) is 0 Å². The van der Waals surface area contributed by atoms with Crippen LogP contribution >= 0.6 is 15.9 Å². The van der Waals surface area contributed by atoms with Crippen molar-refractivity contribution in [2.45, 2.75) is 13.3 Å². The lowest BCUT2D eigenvalue weighted by Crippen LogP contribution is -2.07. The highest BCUT2D eigenvalue weighted by molar-refractivity contribution is 9.10. The second-order valence-corrected chi connectivity index (χ2v) is 4.77. The van der Waals surface area contributed by atoms with Gasteiger partial charge in [0, 0.05) is 10.0 Å². The first-order chi connectivity index (χ1) is 9.99. The third kappa shape index (κ3) is 12.0. The van der Waals surface area contributed by atoms with Gasteiger partial charge in [0.2, 0.25) is 0 Å². The van der Waals surface area contributed by atoms with Crippen molar-refractivity contribution < 1.29 is 19.9 Å². The topological polar surface area (TPSA) is 77.8 Å². The van der Waals surface area contributed by atoms with Gasteiger partial charge in [0.15, 0.2) is 0 Å². The summed E-state index contributed by atoms with van der Waals surface area (Å²) in [4.78, 5) is 10.1. The Kier molecular flexibility index (Phi) is 11.4. The predicted molar refractivity (Wildman–Crippen MR) is 87.8 cm³/mol. The molecule has 21 heavy (non-hydrogen) atoms. The molecular formula is C15H18BBrO4. The summed E-state index contributed by atoms with van der Waals surface area (Å²) < 4.78 is 0.994. The van der Waals surface area contributed by atoms with Gasteiger partial charge in [0.1, 0.15) is 6.29 Å². The monoisotopic (exact) mass is 352 g/mol. The van der Waals surface area contributed by atoms with Gasteiger partial charge >= 0.3 is 7.32 Å². The average Bonchev–Trinajstić information content (AvgIpc) is 2.49. The van der Waals surface area contributed by atoms with Crippen LogP contribution in [0.1, 0.15) is 22.8 Å². The van der Waals surface area contributed by atoms with Gasteiger partial charge in [-0.1, -0.05) is 65.3 Å². The maximum absolute atomic E-state index is 10.1. The van der Waals surface area contributed by atoms with Crippen LogP contribution < -0.4 is 0 Å². The van der Waals surface area contributed by atoms with E-state index >= 15 is 0 Å². The summed E-state index contributed by atoms with van der Waals surface area (Å²) >= 11 is 3.26. The summed E-state index contributed by atoms with van der Waals surface area (Å²) in [5.41, 5.74) is 2.12. The highest BCUT2D eigenvalue weighted by Crippen LogP contribution is 2.08. The first kappa shape index (κ1) is 19.5. The van der Waals surface area contributed by atoms with Crippen molar-refractivity contribution >= 4 is 29.5 Å². The minimum Gasteiger partial charge on any atom is -0.402 e. The van der Waals surface area contributed by atoms with Gasteiger partial charge in [0.05, 0.1) is 0 Å². The summed E-state index contributed by atoms with van der Waals surface area (Å²) in [7, 11) is -2.17. The second-order valence-electron chi connectivity index (χ2n) is 3.85. The van der Waals surface area contributed by atoms with Crippen LogP contribution in [0.25, 0.3) is 0 Å². The van der Waals surface area contributed by atoms with Gasteiger partial charge in [-0.15, -0.1) is 0 Å². The van der Waals surface area contributed by atoms with E-state index in [1.54, 1.807) is 12.1 Å². The van der Waals surface area contributed by atoms with E-state index in [0.29, 0.717) is 5.56 Å². The first-order valence-electron chi connectivity index (χ1n) is 6.28. The summed E-state index contributed by atoms with van der Waals surface area (Å²) in [6, 6.07) is 17.7. The summed E-state index contributed by atoms with van der Waals surface area (Å²) in [5, 5.41) is 21.5. The molecule has 2 aromatic rings. The number of hydrogen-bond donors (Lipinski definition) is 3. The van der Waals surface area contributed by atoms with Crippen LogP contribution in [0.2, 0.25) is 0 Å². The van der Waals surface area contributed by atoms with Gasteiger partial charge in [-0.3, -0.25) is 4.79 Å². The number of benzene rings is 2. The van der Waals surface area contributed by atoms with Crippen molar-refractivity contribution in [1.29, 1.82) is 0 Å². The molecule has 0 saturated heterocycles. The number of aldehydes is 1. The minimum atomic E-state index is -2.17. The minimum absolute atomic E-state index is 0.707. The fraction of sp³-hybridized carbons (Fsp3) is 0.133. The molecule has 112 valence electrons. The Morgan fingerprint density at radius 2 is 1.48 bits per heavy atom. The van der Waals surface area contributed by atoms with Gasteiger partial charge < -0.3 is 15.1 Å². The van der Waals surface area contributed by atoms with Crippen molar-refractivity contribution in [3.8, 4) is 0 Å². The van der Waals surface area contributed by atoms with Crippen molar-refractivity contribution in [2.24, 2.45) is 0 Å². The molecule has 2 aromatic carbocycles. The predicted octanol–water partition coefficient (Wildman–Crippen LogP) is 2.46. The molecule has 0 aliphatic rings. The lowest BCUT2D eigenvalue weighted by molar-refractivity contribution is 0.112. The third-order valence-corrected chi connectivity index (χ3v) is 2.79. The molecule has 0 bridgehead atoms. The van der Waals surface area contributed by atoms with E-state index in [0.717, 1.165) is 17.2 Å². The van der Waals surface area contributed by atoms with E-state index in [1.807, 2.05) is 18.2 Å². The van der Waals surface area contributed by atoms with E-state index in [9.17, 15) is 4.79 Å². The lowest BCUT2D eigenvalue weighted by Gasteiger charge is -1.89. The molecule has 3 N–H and O–H groups in total. The van der Waals surface area contributed by atoms with Crippen LogP contribution in [0.3, 0.4) is 0 Å². The largest absolute Gasteiger partial charge is 0.631 e. The van der Waals surface area contributed by atoms with Gasteiger partial charge in [-0.25, -0.2) is 0 Å². The van der Waals surface area contributed by atoms with E-state index < -0.39 is 7.32 Å².